The zero-order valence-corrected chi connectivity index (χ0v) is 14.1. The van der Waals surface area contributed by atoms with E-state index in [1.165, 1.54) is 11.1 Å². The number of hydrogen-bond acceptors (Lipinski definition) is 2. The van der Waals surface area contributed by atoms with Gasteiger partial charge in [0.2, 0.25) is 0 Å². The van der Waals surface area contributed by atoms with Crippen LogP contribution in [0, 0.1) is 13.8 Å². The van der Waals surface area contributed by atoms with E-state index in [0.717, 1.165) is 29.7 Å². The predicted molar refractivity (Wildman–Crippen MR) is 92.1 cm³/mol. The van der Waals surface area contributed by atoms with Crippen molar-refractivity contribution in [2.75, 3.05) is 6.61 Å². The Morgan fingerprint density at radius 3 is 2.70 bits per heavy atom. The van der Waals surface area contributed by atoms with Gasteiger partial charge in [-0.1, -0.05) is 35.9 Å². The number of fused-ring (bicyclic) bond motifs is 1. The Labute approximate surface area is 141 Å². The highest BCUT2D eigenvalue weighted by atomic mass is 35.5. The largest absolute Gasteiger partial charge is 0.483 e. The van der Waals surface area contributed by atoms with E-state index in [9.17, 15) is 4.79 Å². The third-order valence-corrected chi connectivity index (χ3v) is 4.46. The third kappa shape index (κ3) is 3.50. The monoisotopic (exact) mass is 329 g/mol. The topological polar surface area (TPSA) is 38.3 Å². The maximum atomic E-state index is 12.2. The van der Waals surface area contributed by atoms with Gasteiger partial charge in [0, 0.05) is 5.02 Å². The molecule has 0 aromatic heterocycles. The Hall–Kier alpha value is -2.00. The van der Waals surface area contributed by atoms with Crippen molar-refractivity contribution in [3.8, 4) is 5.75 Å². The van der Waals surface area contributed by atoms with Crippen LogP contribution in [0.3, 0.4) is 0 Å². The van der Waals surface area contributed by atoms with Crippen LogP contribution in [0.15, 0.2) is 36.4 Å². The minimum atomic E-state index is -0.0968. The van der Waals surface area contributed by atoms with E-state index in [0.29, 0.717) is 5.02 Å². The number of rotatable bonds is 4. The molecule has 3 nitrogen and oxygen atoms in total. The van der Waals surface area contributed by atoms with Crippen molar-refractivity contribution in [3.63, 3.8) is 0 Å². The molecule has 23 heavy (non-hydrogen) atoms. The first-order chi connectivity index (χ1) is 11.0. The molecule has 1 aliphatic carbocycles. The smallest absolute Gasteiger partial charge is 0.258 e. The molecular weight excluding hydrogens is 310 g/mol. The lowest BCUT2D eigenvalue weighted by molar-refractivity contribution is -0.123. The van der Waals surface area contributed by atoms with Gasteiger partial charge in [0.15, 0.2) is 6.61 Å². The number of halogens is 1. The van der Waals surface area contributed by atoms with Crippen molar-refractivity contribution in [1.29, 1.82) is 0 Å². The SMILES string of the molecule is Cc1cc(Cl)cc(C)c1OCC(=O)N[C@H]1CCc2ccccc21. The van der Waals surface area contributed by atoms with Gasteiger partial charge in [-0.05, 0) is 61.1 Å². The maximum Gasteiger partial charge on any atom is 0.258 e. The van der Waals surface area contributed by atoms with Gasteiger partial charge in [-0.3, -0.25) is 4.79 Å². The molecule has 1 N–H and O–H groups in total. The molecule has 0 fully saturated rings. The molecule has 1 atom stereocenters. The molecule has 0 unspecified atom stereocenters. The highest BCUT2D eigenvalue weighted by Gasteiger charge is 2.23. The van der Waals surface area contributed by atoms with Gasteiger partial charge in [-0.15, -0.1) is 0 Å². The number of carbonyl (C=O) groups is 1. The molecule has 0 saturated carbocycles. The summed E-state index contributed by atoms with van der Waals surface area (Å²) in [7, 11) is 0. The first-order valence-corrected chi connectivity index (χ1v) is 8.19. The average molecular weight is 330 g/mol. The van der Waals surface area contributed by atoms with E-state index in [1.54, 1.807) is 0 Å². The van der Waals surface area contributed by atoms with Crippen LogP contribution in [0.5, 0.6) is 5.75 Å². The average Bonchev–Trinajstić information content (AvgIpc) is 2.89. The van der Waals surface area contributed by atoms with E-state index in [1.807, 2.05) is 38.1 Å². The number of aryl methyl sites for hydroxylation is 3. The van der Waals surface area contributed by atoms with Crippen molar-refractivity contribution in [3.05, 3.63) is 63.7 Å². The molecule has 0 radical (unpaired) electrons. The first-order valence-electron chi connectivity index (χ1n) is 7.81. The summed E-state index contributed by atoms with van der Waals surface area (Å²) in [6.07, 6.45) is 1.96. The van der Waals surface area contributed by atoms with E-state index in [-0.39, 0.29) is 18.6 Å². The number of nitrogens with one attached hydrogen (secondary N) is 1. The summed E-state index contributed by atoms with van der Waals surface area (Å²) >= 11 is 6.01. The highest BCUT2D eigenvalue weighted by Crippen LogP contribution is 2.31. The molecule has 2 aromatic carbocycles. The summed E-state index contributed by atoms with van der Waals surface area (Å²) in [6, 6.07) is 12.0. The summed E-state index contributed by atoms with van der Waals surface area (Å²) in [4.78, 5) is 12.2. The van der Waals surface area contributed by atoms with Crippen molar-refractivity contribution in [2.45, 2.75) is 32.7 Å². The summed E-state index contributed by atoms with van der Waals surface area (Å²) in [5, 5.41) is 3.75. The normalized spacial score (nSPS) is 16.0. The lowest BCUT2D eigenvalue weighted by atomic mass is 10.1. The molecule has 1 aliphatic rings. The van der Waals surface area contributed by atoms with E-state index >= 15 is 0 Å². The quantitative estimate of drug-likeness (QED) is 0.915. The first kappa shape index (κ1) is 15.9. The number of ether oxygens (including phenoxy) is 1. The lowest BCUT2D eigenvalue weighted by Crippen LogP contribution is -2.31. The highest BCUT2D eigenvalue weighted by molar-refractivity contribution is 6.30. The molecule has 2 aromatic rings. The maximum absolute atomic E-state index is 12.2. The molecule has 4 heteroatoms. The number of carbonyl (C=O) groups excluding carboxylic acids is 1. The van der Waals surface area contributed by atoms with Gasteiger partial charge in [-0.2, -0.15) is 0 Å². The van der Waals surface area contributed by atoms with Crippen molar-refractivity contribution < 1.29 is 9.53 Å². The molecule has 120 valence electrons. The molecule has 0 spiro atoms. The zero-order valence-electron chi connectivity index (χ0n) is 13.4. The predicted octanol–water partition coefficient (Wildman–Crippen LogP) is 4.14. The van der Waals surface area contributed by atoms with Crippen LogP contribution in [-0.4, -0.2) is 12.5 Å². The Morgan fingerprint density at radius 2 is 1.96 bits per heavy atom. The Balaban J connectivity index is 1.61. The second kappa shape index (κ2) is 6.63. The number of benzene rings is 2. The van der Waals surface area contributed by atoms with Crippen LogP contribution in [0.25, 0.3) is 0 Å². The van der Waals surface area contributed by atoms with E-state index in [4.69, 9.17) is 16.3 Å². The molecular formula is C19H20ClNO2. The fourth-order valence-corrected chi connectivity index (χ4v) is 3.53. The fourth-order valence-electron chi connectivity index (χ4n) is 3.21. The summed E-state index contributed by atoms with van der Waals surface area (Å²) < 4.78 is 5.71. The second-order valence-electron chi connectivity index (χ2n) is 6.01. The second-order valence-corrected chi connectivity index (χ2v) is 6.45. The van der Waals surface area contributed by atoms with Crippen LogP contribution >= 0.6 is 11.6 Å². The van der Waals surface area contributed by atoms with Crippen molar-refractivity contribution in [1.82, 2.24) is 5.32 Å². The zero-order chi connectivity index (χ0) is 16.4. The van der Waals surface area contributed by atoms with Gasteiger partial charge in [0.25, 0.3) is 5.91 Å². The minimum Gasteiger partial charge on any atom is -0.483 e. The van der Waals surface area contributed by atoms with Crippen LogP contribution in [0.2, 0.25) is 5.02 Å². The molecule has 1 amide bonds. The number of hydrogen-bond donors (Lipinski definition) is 1. The van der Waals surface area contributed by atoms with Gasteiger partial charge in [0.1, 0.15) is 5.75 Å². The number of amides is 1. The third-order valence-electron chi connectivity index (χ3n) is 4.24. The molecule has 3 rings (SSSR count). The summed E-state index contributed by atoms with van der Waals surface area (Å²) in [6.45, 7) is 3.88. The van der Waals surface area contributed by atoms with Gasteiger partial charge in [0.05, 0.1) is 6.04 Å². The van der Waals surface area contributed by atoms with Gasteiger partial charge >= 0.3 is 0 Å². The molecule has 0 bridgehead atoms. The summed E-state index contributed by atoms with van der Waals surface area (Å²) in [5.74, 6) is 0.636. The lowest BCUT2D eigenvalue weighted by Gasteiger charge is -2.16. The molecule has 0 aliphatic heterocycles. The van der Waals surface area contributed by atoms with Crippen molar-refractivity contribution in [2.24, 2.45) is 0 Å². The standard InChI is InChI=1S/C19H20ClNO2/c1-12-9-15(20)10-13(2)19(12)23-11-18(22)21-17-8-7-14-5-3-4-6-16(14)17/h3-6,9-10,17H,7-8,11H2,1-2H3,(H,21,22)/t17-/m0/s1. The van der Waals surface area contributed by atoms with Crippen LogP contribution in [0.4, 0.5) is 0 Å². The Morgan fingerprint density at radius 1 is 1.26 bits per heavy atom. The minimum absolute atomic E-state index is 0.0159. The van der Waals surface area contributed by atoms with Gasteiger partial charge in [-0.25, -0.2) is 0 Å². The Kier molecular flexibility index (Phi) is 4.58. The van der Waals surface area contributed by atoms with Crippen LogP contribution < -0.4 is 10.1 Å². The van der Waals surface area contributed by atoms with Crippen LogP contribution in [-0.2, 0) is 11.2 Å². The van der Waals surface area contributed by atoms with E-state index in [2.05, 4.69) is 17.4 Å². The van der Waals surface area contributed by atoms with E-state index < -0.39 is 0 Å². The van der Waals surface area contributed by atoms with Crippen molar-refractivity contribution >= 4 is 17.5 Å². The summed E-state index contributed by atoms with van der Waals surface area (Å²) in [5.41, 5.74) is 4.42. The molecule has 0 heterocycles. The van der Waals surface area contributed by atoms with Gasteiger partial charge < -0.3 is 10.1 Å². The van der Waals surface area contributed by atoms with Crippen LogP contribution in [0.1, 0.15) is 34.7 Å². The fraction of sp³-hybridized carbons (Fsp3) is 0.316. The Bertz CT molecular complexity index is 719. The molecule has 0 saturated heterocycles.